The van der Waals surface area contributed by atoms with E-state index in [0.29, 0.717) is 18.9 Å². The predicted molar refractivity (Wildman–Crippen MR) is 96.8 cm³/mol. The van der Waals surface area contributed by atoms with Crippen molar-refractivity contribution in [3.05, 3.63) is 29.8 Å². The van der Waals surface area contributed by atoms with Gasteiger partial charge in [-0.15, -0.1) is 5.06 Å². The van der Waals surface area contributed by atoms with Gasteiger partial charge in [-0.3, -0.25) is 9.69 Å². The van der Waals surface area contributed by atoms with Gasteiger partial charge in [-0.1, -0.05) is 24.6 Å². The Morgan fingerprint density at radius 3 is 2.77 bits per heavy atom. The Bertz CT molecular complexity index is 688. The molecule has 1 aliphatic heterocycles. The Kier molecular flexibility index (Phi) is 4.85. The molecule has 6 nitrogen and oxygen atoms in total. The van der Waals surface area contributed by atoms with Crippen molar-refractivity contribution in [2.45, 2.75) is 63.5 Å². The van der Waals surface area contributed by atoms with Crippen molar-refractivity contribution in [2.75, 3.05) is 11.4 Å². The van der Waals surface area contributed by atoms with Gasteiger partial charge in [0.25, 0.3) is 0 Å². The molecule has 2 fully saturated rings. The Balaban J connectivity index is 1.49. The van der Waals surface area contributed by atoms with Crippen molar-refractivity contribution in [3.63, 3.8) is 0 Å². The molecule has 1 aromatic carbocycles. The average molecular weight is 358 g/mol. The zero-order chi connectivity index (χ0) is 18.1. The van der Waals surface area contributed by atoms with E-state index in [1.165, 1.54) is 5.56 Å². The van der Waals surface area contributed by atoms with Crippen LogP contribution in [0.3, 0.4) is 0 Å². The molecule has 1 aromatic rings. The standard InChI is InChI=1S/C20H26N2O4/c23-19(24)9-4-12-21(16-10-11-16)26-20(25)22-17-7-2-1-5-14(17)13-15-6-3-8-18(15)22/h1-2,5,7,15-16,18H,3-4,6,8-13H2,(H,23,24). The highest BCUT2D eigenvalue weighted by Crippen LogP contribution is 2.42. The van der Waals surface area contributed by atoms with E-state index in [2.05, 4.69) is 6.07 Å². The number of carbonyl (C=O) groups excluding carboxylic acids is 1. The van der Waals surface area contributed by atoms with Gasteiger partial charge in [-0.05, 0) is 56.1 Å². The van der Waals surface area contributed by atoms with Crippen LogP contribution in [-0.2, 0) is 16.1 Å². The molecule has 2 aliphatic carbocycles. The molecule has 2 saturated carbocycles. The molecular weight excluding hydrogens is 332 g/mol. The minimum absolute atomic E-state index is 0.0953. The Hall–Kier alpha value is -2.08. The minimum Gasteiger partial charge on any atom is -0.481 e. The summed E-state index contributed by atoms with van der Waals surface area (Å²) in [5.41, 5.74) is 2.19. The number of aliphatic carboxylic acids is 1. The lowest BCUT2D eigenvalue weighted by Crippen LogP contribution is -2.49. The number of carboxylic acids is 1. The average Bonchev–Trinajstić information content (AvgIpc) is 3.36. The first kappa shape index (κ1) is 17.3. The van der Waals surface area contributed by atoms with Crippen LogP contribution in [0.15, 0.2) is 24.3 Å². The highest BCUT2D eigenvalue weighted by Gasteiger charge is 2.42. The lowest BCUT2D eigenvalue weighted by atomic mass is 9.88. The van der Waals surface area contributed by atoms with E-state index in [4.69, 9.17) is 9.94 Å². The molecule has 1 N–H and O–H groups in total. The van der Waals surface area contributed by atoms with E-state index in [-0.39, 0.29) is 24.6 Å². The summed E-state index contributed by atoms with van der Waals surface area (Å²) in [4.78, 5) is 31.5. The van der Waals surface area contributed by atoms with Gasteiger partial charge >= 0.3 is 12.1 Å². The normalized spacial score (nSPS) is 24.3. The van der Waals surface area contributed by atoms with Gasteiger partial charge in [0.15, 0.2) is 0 Å². The van der Waals surface area contributed by atoms with E-state index >= 15 is 0 Å². The summed E-state index contributed by atoms with van der Waals surface area (Å²) in [6.45, 7) is 0.478. The Morgan fingerprint density at radius 2 is 2.00 bits per heavy atom. The molecule has 6 heteroatoms. The molecule has 4 rings (SSSR count). The Morgan fingerprint density at radius 1 is 1.19 bits per heavy atom. The number of para-hydroxylation sites is 1. The number of anilines is 1. The minimum atomic E-state index is -0.814. The SMILES string of the molecule is O=C(O)CCCN(OC(=O)N1c2ccccc2CC2CCCC21)C1CC1. The smallest absolute Gasteiger partial charge is 0.433 e. The van der Waals surface area contributed by atoms with E-state index in [0.717, 1.165) is 44.2 Å². The molecule has 140 valence electrons. The van der Waals surface area contributed by atoms with E-state index in [1.54, 1.807) is 5.06 Å². The maximum absolute atomic E-state index is 13.1. The lowest BCUT2D eigenvalue weighted by molar-refractivity contribution is -0.138. The zero-order valence-electron chi connectivity index (χ0n) is 15.0. The number of benzene rings is 1. The topological polar surface area (TPSA) is 70.1 Å². The number of hydrogen-bond acceptors (Lipinski definition) is 4. The predicted octanol–water partition coefficient (Wildman–Crippen LogP) is 3.60. The number of rotatable bonds is 6. The van der Waals surface area contributed by atoms with Crippen molar-refractivity contribution in [1.82, 2.24) is 5.06 Å². The highest BCUT2D eigenvalue weighted by molar-refractivity contribution is 5.90. The summed E-state index contributed by atoms with van der Waals surface area (Å²) in [5.74, 6) is -0.301. The summed E-state index contributed by atoms with van der Waals surface area (Å²) < 4.78 is 0. The van der Waals surface area contributed by atoms with Crippen molar-refractivity contribution >= 4 is 17.7 Å². The van der Waals surface area contributed by atoms with Crippen LogP contribution in [-0.4, -0.2) is 40.9 Å². The molecular formula is C20H26N2O4. The van der Waals surface area contributed by atoms with Gasteiger partial charge in [0.1, 0.15) is 0 Å². The van der Waals surface area contributed by atoms with Gasteiger partial charge in [0, 0.05) is 25.0 Å². The fraction of sp³-hybridized carbons (Fsp3) is 0.600. The maximum atomic E-state index is 13.1. The number of carbonyl (C=O) groups is 2. The molecule has 1 heterocycles. The van der Waals surface area contributed by atoms with Crippen LogP contribution in [0.1, 0.15) is 50.5 Å². The first-order valence-corrected chi connectivity index (χ1v) is 9.71. The summed E-state index contributed by atoms with van der Waals surface area (Å²) in [5, 5.41) is 10.6. The molecule has 26 heavy (non-hydrogen) atoms. The number of amides is 1. The third-order valence-corrected chi connectivity index (χ3v) is 5.80. The largest absolute Gasteiger partial charge is 0.481 e. The quantitative estimate of drug-likeness (QED) is 0.787. The van der Waals surface area contributed by atoms with Crippen molar-refractivity contribution in [1.29, 1.82) is 0 Å². The Labute approximate surface area is 153 Å². The second kappa shape index (κ2) is 7.27. The molecule has 1 amide bonds. The number of hydroxylamine groups is 2. The second-order valence-electron chi connectivity index (χ2n) is 7.69. The number of nitrogens with zero attached hydrogens (tertiary/aromatic N) is 2. The van der Waals surface area contributed by atoms with E-state index < -0.39 is 5.97 Å². The van der Waals surface area contributed by atoms with Crippen molar-refractivity contribution < 1.29 is 19.5 Å². The maximum Gasteiger partial charge on any atom is 0.433 e. The first-order chi connectivity index (χ1) is 12.6. The third-order valence-electron chi connectivity index (χ3n) is 5.80. The van der Waals surface area contributed by atoms with Gasteiger partial charge < -0.3 is 9.94 Å². The van der Waals surface area contributed by atoms with E-state index in [9.17, 15) is 9.59 Å². The van der Waals surface area contributed by atoms with Crippen LogP contribution in [0, 0.1) is 5.92 Å². The summed E-state index contributed by atoms with van der Waals surface area (Å²) in [7, 11) is 0. The van der Waals surface area contributed by atoms with Crippen LogP contribution in [0.5, 0.6) is 0 Å². The van der Waals surface area contributed by atoms with Gasteiger partial charge in [-0.25, -0.2) is 4.79 Å². The summed E-state index contributed by atoms with van der Waals surface area (Å²) in [6.07, 6.45) is 6.65. The molecule has 0 saturated heterocycles. The second-order valence-corrected chi connectivity index (χ2v) is 7.69. The van der Waals surface area contributed by atoms with Gasteiger partial charge in [0.05, 0.1) is 5.69 Å². The third kappa shape index (κ3) is 3.56. The molecule has 2 unspecified atom stereocenters. The summed E-state index contributed by atoms with van der Waals surface area (Å²) >= 11 is 0. The van der Waals surface area contributed by atoms with Crippen LogP contribution in [0.4, 0.5) is 10.5 Å². The molecule has 0 bridgehead atoms. The highest BCUT2D eigenvalue weighted by atomic mass is 16.7. The molecule has 0 radical (unpaired) electrons. The van der Waals surface area contributed by atoms with Crippen LogP contribution in [0.2, 0.25) is 0 Å². The monoisotopic (exact) mass is 358 g/mol. The fourth-order valence-corrected chi connectivity index (χ4v) is 4.40. The van der Waals surface area contributed by atoms with Gasteiger partial charge in [0.2, 0.25) is 0 Å². The molecule has 2 atom stereocenters. The lowest BCUT2D eigenvalue weighted by Gasteiger charge is -2.39. The van der Waals surface area contributed by atoms with Gasteiger partial charge in [-0.2, -0.15) is 0 Å². The first-order valence-electron chi connectivity index (χ1n) is 9.71. The van der Waals surface area contributed by atoms with Crippen molar-refractivity contribution in [3.8, 4) is 0 Å². The zero-order valence-corrected chi connectivity index (χ0v) is 15.0. The van der Waals surface area contributed by atoms with Crippen LogP contribution in [0.25, 0.3) is 0 Å². The number of hydrogen-bond donors (Lipinski definition) is 1. The van der Waals surface area contributed by atoms with E-state index in [1.807, 2.05) is 23.1 Å². The van der Waals surface area contributed by atoms with Crippen LogP contribution < -0.4 is 4.90 Å². The number of carboxylic acid groups (broad SMARTS) is 1. The van der Waals surface area contributed by atoms with Crippen LogP contribution >= 0.6 is 0 Å². The number of fused-ring (bicyclic) bond motifs is 2. The summed E-state index contributed by atoms with van der Waals surface area (Å²) in [6, 6.07) is 8.58. The molecule has 0 spiro atoms. The molecule has 0 aromatic heterocycles. The fourth-order valence-electron chi connectivity index (χ4n) is 4.40. The van der Waals surface area contributed by atoms with Crippen molar-refractivity contribution in [2.24, 2.45) is 5.92 Å². The molecule has 3 aliphatic rings.